The molecule has 0 spiro atoms. The first-order valence-corrected chi connectivity index (χ1v) is 7.83. The molecule has 1 aliphatic carbocycles. The Morgan fingerprint density at radius 1 is 1.15 bits per heavy atom. The van der Waals surface area contributed by atoms with E-state index in [4.69, 9.17) is 11.6 Å². The van der Waals surface area contributed by atoms with Gasteiger partial charge in [-0.1, -0.05) is 30.7 Å². The molecule has 0 aromatic heterocycles. The van der Waals surface area contributed by atoms with Gasteiger partial charge in [0.2, 0.25) is 5.91 Å². The van der Waals surface area contributed by atoms with Gasteiger partial charge < -0.3 is 4.90 Å². The molecule has 1 heterocycles. The van der Waals surface area contributed by atoms with Crippen LogP contribution in [-0.2, 0) is 4.79 Å². The van der Waals surface area contributed by atoms with Crippen molar-refractivity contribution in [3.05, 3.63) is 34.9 Å². The molecule has 3 nitrogen and oxygen atoms in total. The number of rotatable bonds is 2. The first kappa shape index (κ1) is 13.9. The van der Waals surface area contributed by atoms with Crippen molar-refractivity contribution < 1.29 is 4.79 Å². The molecule has 1 N–H and O–H groups in total. The highest BCUT2D eigenvalue weighted by Crippen LogP contribution is 2.33. The summed E-state index contributed by atoms with van der Waals surface area (Å²) in [6.07, 6.45) is 4.71. The Hall–Kier alpha value is -1.06. The highest BCUT2D eigenvalue weighted by Gasteiger charge is 2.37. The summed E-state index contributed by atoms with van der Waals surface area (Å²) in [6, 6.07) is 8.19. The minimum atomic E-state index is 0.0122. The van der Waals surface area contributed by atoms with Gasteiger partial charge in [-0.15, -0.1) is 0 Å². The van der Waals surface area contributed by atoms with E-state index in [1.54, 1.807) is 0 Å². The molecular formula is C16H21ClN2O. The van der Waals surface area contributed by atoms with Crippen LogP contribution in [0.4, 0.5) is 0 Å². The van der Waals surface area contributed by atoms with Gasteiger partial charge >= 0.3 is 0 Å². The Morgan fingerprint density at radius 2 is 1.80 bits per heavy atom. The van der Waals surface area contributed by atoms with Gasteiger partial charge in [0.1, 0.15) is 6.17 Å². The molecular weight excluding hydrogens is 272 g/mol. The topological polar surface area (TPSA) is 32.3 Å². The molecule has 1 atom stereocenters. The minimum absolute atomic E-state index is 0.0122. The van der Waals surface area contributed by atoms with E-state index in [0.717, 1.165) is 29.3 Å². The summed E-state index contributed by atoms with van der Waals surface area (Å²) in [7, 11) is 0. The van der Waals surface area contributed by atoms with Crippen LogP contribution in [0, 0.1) is 5.92 Å². The highest BCUT2D eigenvalue weighted by molar-refractivity contribution is 6.30. The lowest BCUT2D eigenvalue weighted by Gasteiger charge is -2.37. The summed E-state index contributed by atoms with van der Waals surface area (Å²) < 4.78 is 0. The molecule has 1 aromatic carbocycles. The predicted octanol–water partition coefficient (Wildman–Crippen LogP) is 3.35. The third kappa shape index (κ3) is 2.70. The Bertz CT molecular complexity index is 480. The van der Waals surface area contributed by atoms with E-state index in [9.17, 15) is 4.79 Å². The fourth-order valence-electron chi connectivity index (χ4n) is 3.38. The van der Waals surface area contributed by atoms with E-state index >= 15 is 0 Å². The van der Waals surface area contributed by atoms with Gasteiger partial charge in [0, 0.05) is 11.1 Å². The van der Waals surface area contributed by atoms with Crippen LogP contribution >= 0.6 is 11.6 Å². The standard InChI is InChI=1S/C16H21ClN2O/c1-11-2-8-14(9-3-11)19-15(20)10-18-16(19)12-4-6-13(17)7-5-12/h4-7,11,14,16,18H,2-3,8-10H2,1H3. The van der Waals surface area contributed by atoms with E-state index in [2.05, 4.69) is 17.1 Å². The van der Waals surface area contributed by atoms with Crippen molar-refractivity contribution in [2.45, 2.75) is 44.8 Å². The van der Waals surface area contributed by atoms with Crippen molar-refractivity contribution in [2.24, 2.45) is 5.92 Å². The van der Waals surface area contributed by atoms with E-state index < -0.39 is 0 Å². The maximum atomic E-state index is 12.2. The molecule has 1 aliphatic heterocycles. The van der Waals surface area contributed by atoms with Gasteiger partial charge in [-0.25, -0.2) is 0 Å². The zero-order valence-corrected chi connectivity index (χ0v) is 12.6. The minimum Gasteiger partial charge on any atom is -0.319 e. The highest BCUT2D eigenvalue weighted by atomic mass is 35.5. The van der Waals surface area contributed by atoms with Crippen molar-refractivity contribution in [1.29, 1.82) is 0 Å². The lowest BCUT2D eigenvalue weighted by atomic mass is 9.86. The van der Waals surface area contributed by atoms with Crippen LogP contribution in [0.5, 0.6) is 0 Å². The number of halogens is 1. The number of nitrogens with zero attached hydrogens (tertiary/aromatic N) is 1. The normalized spacial score (nSPS) is 30.8. The van der Waals surface area contributed by atoms with Crippen LogP contribution in [0.1, 0.15) is 44.3 Å². The van der Waals surface area contributed by atoms with Crippen molar-refractivity contribution in [3.8, 4) is 0 Å². The maximum Gasteiger partial charge on any atom is 0.238 e. The lowest BCUT2D eigenvalue weighted by molar-refractivity contribution is -0.131. The second kappa shape index (κ2) is 5.74. The summed E-state index contributed by atoms with van der Waals surface area (Å²) in [6.45, 7) is 2.75. The molecule has 2 aliphatic rings. The third-order valence-electron chi connectivity index (χ3n) is 4.58. The second-order valence-electron chi connectivity index (χ2n) is 6.05. The molecule has 1 saturated heterocycles. The Labute approximate surface area is 125 Å². The number of carbonyl (C=O) groups excluding carboxylic acids is 1. The Balaban J connectivity index is 1.79. The number of hydrogen-bond donors (Lipinski definition) is 1. The zero-order valence-electron chi connectivity index (χ0n) is 11.8. The van der Waals surface area contributed by atoms with Gasteiger partial charge in [-0.3, -0.25) is 10.1 Å². The molecule has 20 heavy (non-hydrogen) atoms. The van der Waals surface area contributed by atoms with Gasteiger partial charge in [0.25, 0.3) is 0 Å². The molecule has 1 amide bonds. The first-order valence-electron chi connectivity index (χ1n) is 7.45. The number of carbonyl (C=O) groups is 1. The summed E-state index contributed by atoms with van der Waals surface area (Å²) in [5.74, 6) is 1.02. The number of nitrogens with one attached hydrogen (secondary N) is 1. The smallest absolute Gasteiger partial charge is 0.238 e. The van der Waals surface area contributed by atoms with Crippen molar-refractivity contribution in [2.75, 3.05) is 6.54 Å². The fourth-order valence-corrected chi connectivity index (χ4v) is 3.50. The van der Waals surface area contributed by atoms with Crippen LogP contribution in [0.15, 0.2) is 24.3 Å². The molecule has 108 valence electrons. The molecule has 4 heteroatoms. The van der Waals surface area contributed by atoms with Gasteiger partial charge in [0.05, 0.1) is 6.54 Å². The Kier molecular flexibility index (Phi) is 3.99. The van der Waals surface area contributed by atoms with Crippen molar-refractivity contribution in [3.63, 3.8) is 0 Å². The van der Waals surface area contributed by atoms with E-state index in [-0.39, 0.29) is 12.1 Å². The number of hydrogen-bond acceptors (Lipinski definition) is 2. The average molecular weight is 293 g/mol. The second-order valence-corrected chi connectivity index (χ2v) is 6.49. The Morgan fingerprint density at radius 3 is 2.45 bits per heavy atom. The largest absolute Gasteiger partial charge is 0.319 e. The molecule has 1 aromatic rings. The van der Waals surface area contributed by atoms with Crippen LogP contribution in [-0.4, -0.2) is 23.4 Å². The summed E-state index contributed by atoms with van der Waals surface area (Å²) >= 11 is 5.95. The third-order valence-corrected chi connectivity index (χ3v) is 4.83. The van der Waals surface area contributed by atoms with Crippen LogP contribution < -0.4 is 5.32 Å². The summed E-state index contributed by atoms with van der Waals surface area (Å²) in [4.78, 5) is 14.3. The van der Waals surface area contributed by atoms with Gasteiger partial charge in [0.15, 0.2) is 0 Å². The van der Waals surface area contributed by atoms with Gasteiger partial charge in [-0.05, 0) is 49.3 Å². The van der Waals surface area contributed by atoms with E-state index in [0.29, 0.717) is 12.6 Å². The van der Waals surface area contributed by atoms with Crippen molar-refractivity contribution >= 4 is 17.5 Å². The summed E-state index contributed by atoms with van der Waals surface area (Å²) in [5.41, 5.74) is 1.12. The van der Waals surface area contributed by atoms with E-state index in [1.165, 1.54) is 12.8 Å². The van der Waals surface area contributed by atoms with Crippen LogP contribution in [0.2, 0.25) is 5.02 Å². The molecule has 0 radical (unpaired) electrons. The zero-order chi connectivity index (χ0) is 14.1. The SMILES string of the molecule is CC1CCC(N2C(=O)CNC2c2ccc(Cl)cc2)CC1. The van der Waals surface area contributed by atoms with Crippen molar-refractivity contribution in [1.82, 2.24) is 10.2 Å². The fraction of sp³-hybridized carbons (Fsp3) is 0.562. The van der Waals surface area contributed by atoms with E-state index in [1.807, 2.05) is 24.3 Å². The summed E-state index contributed by atoms with van der Waals surface area (Å²) in [5, 5.41) is 4.07. The first-order chi connectivity index (χ1) is 9.65. The van der Waals surface area contributed by atoms with Gasteiger partial charge in [-0.2, -0.15) is 0 Å². The van der Waals surface area contributed by atoms with Crippen LogP contribution in [0.25, 0.3) is 0 Å². The molecule has 0 bridgehead atoms. The monoisotopic (exact) mass is 292 g/mol. The average Bonchev–Trinajstić information content (AvgIpc) is 2.83. The molecule has 1 unspecified atom stereocenters. The lowest BCUT2D eigenvalue weighted by Crippen LogP contribution is -2.41. The number of benzene rings is 1. The van der Waals surface area contributed by atoms with Crippen LogP contribution in [0.3, 0.4) is 0 Å². The molecule has 2 fully saturated rings. The number of amides is 1. The quantitative estimate of drug-likeness (QED) is 0.906. The molecule has 3 rings (SSSR count). The molecule has 1 saturated carbocycles. The maximum absolute atomic E-state index is 12.2. The predicted molar refractivity (Wildman–Crippen MR) is 80.5 cm³/mol.